The zero-order valence-electron chi connectivity index (χ0n) is 14.6. The summed E-state index contributed by atoms with van der Waals surface area (Å²) in [6.45, 7) is 2.89. The molecule has 0 aromatic heterocycles. The highest BCUT2D eigenvalue weighted by molar-refractivity contribution is 7.99. The van der Waals surface area contributed by atoms with Crippen LogP contribution in [0.1, 0.15) is 36.0 Å². The Morgan fingerprint density at radius 1 is 1.36 bits per heavy atom. The highest BCUT2D eigenvalue weighted by atomic mass is 35.5. The number of nitrogens with one attached hydrogen (secondary N) is 1. The van der Waals surface area contributed by atoms with Gasteiger partial charge in [-0.2, -0.15) is 11.8 Å². The van der Waals surface area contributed by atoms with Gasteiger partial charge in [0, 0.05) is 42.7 Å². The molecule has 0 radical (unpaired) electrons. The van der Waals surface area contributed by atoms with E-state index in [4.69, 9.17) is 22.1 Å². The Bertz CT molecular complexity index is 629. The highest BCUT2D eigenvalue weighted by Gasteiger charge is 2.40. The number of rotatable bonds is 5. The summed E-state index contributed by atoms with van der Waals surface area (Å²) in [6.07, 6.45) is 4.77. The summed E-state index contributed by atoms with van der Waals surface area (Å²) >= 11 is 8.11. The number of halogens is 1. The van der Waals surface area contributed by atoms with Gasteiger partial charge in [0.2, 0.25) is 0 Å². The van der Waals surface area contributed by atoms with Crippen LogP contribution in [0.15, 0.2) is 12.1 Å². The Morgan fingerprint density at radius 2 is 2.04 bits per heavy atom. The molecule has 1 aliphatic carbocycles. The lowest BCUT2D eigenvalue weighted by molar-refractivity contribution is 0.0815. The number of carbonyl (C=O) groups is 1. The maximum atomic E-state index is 12.8. The number of hydrogen-bond donors (Lipinski definition) is 2. The van der Waals surface area contributed by atoms with Crippen molar-refractivity contribution in [3.05, 3.63) is 22.7 Å². The Kier molecular flexibility index (Phi) is 6.02. The molecule has 1 saturated carbocycles. The first-order valence-corrected chi connectivity index (χ1v) is 10.3. The number of anilines is 1. The largest absolute Gasteiger partial charge is 0.496 e. The molecule has 25 heavy (non-hydrogen) atoms. The lowest BCUT2D eigenvalue weighted by atomic mass is 9.94. The molecule has 0 spiro atoms. The van der Waals surface area contributed by atoms with Crippen LogP contribution >= 0.6 is 23.4 Å². The molecule has 0 atom stereocenters. The average molecular weight is 384 g/mol. The molecule has 1 heterocycles. The second-order valence-electron chi connectivity index (χ2n) is 6.79. The van der Waals surface area contributed by atoms with E-state index in [1.54, 1.807) is 12.1 Å². The minimum absolute atomic E-state index is 0.0987. The third kappa shape index (κ3) is 4.01. The second-order valence-corrected chi connectivity index (χ2v) is 8.42. The van der Waals surface area contributed by atoms with Gasteiger partial charge in [-0.05, 0) is 18.9 Å². The predicted molar refractivity (Wildman–Crippen MR) is 105 cm³/mol. The van der Waals surface area contributed by atoms with Crippen molar-refractivity contribution in [2.24, 2.45) is 0 Å². The summed E-state index contributed by atoms with van der Waals surface area (Å²) in [5.41, 5.74) is 6.75. The number of amides is 1. The molecule has 1 aliphatic heterocycles. The minimum Gasteiger partial charge on any atom is -0.496 e. The van der Waals surface area contributed by atoms with Crippen molar-refractivity contribution in [1.82, 2.24) is 10.2 Å². The number of nitrogen functional groups attached to an aromatic ring is 1. The fraction of sp³-hybridized carbons (Fsp3) is 0.611. The van der Waals surface area contributed by atoms with Crippen molar-refractivity contribution in [1.29, 1.82) is 0 Å². The summed E-state index contributed by atoms with van der Waals surface area (Å²) in [5, 5.41) is 3.50. The van der Waals surface area contributed by atoms with Gasteiger partial charge in [0.15, 0.2) is 0 Å². The first-order chi connectivity index (χ1) is 12.1. The van der Waals surface area contributed by atoms with E-state index < -0.39 is 0 Å². The van der Waals surface area contributed by atoms with E-state index in [0.29, 0.717) is 28.6 Å². The fourth-order valence-corrected chi connectivity index (χ4v) is 5.00. The van der Waals surface area contributed by atoms with Crippen LogP contribution < -0.4 is 15.8 Å². The molecule has 7 heteroatoms. The maximum absolute atomic E-state index is 12.8. The summed E-state index contributed by atoms with van der Waals surface area (Å²) < 4.78 is 5.30. The van der Waals surface area contributed by atoms with Crippen LogP contribution in [0.25, 0.3) is 0 Å². The fourth-order valence-electron chi connectivity index (χ4n) is 3.93. The number of benzene rings is 1. The summed E-state index contributed by atoms with van der Waals surface area (Å²) in [6, 6.07) is 3.19. The Hall–Kier alpha value is -1.11. The van der Waals surface area contributed by atoms with Gasteiger partial charge in [-0.25, -0.2) is 0 Å². The van der Waals surface area contributed by atoms with Crippen LogP contribution in [0.5, 0.6) is 5.75 Å². The first-order valence-electron chi connectivity index (χ1n) is 8.80. The molecule has 3 N–H and O–H groups in total. The smallest absolute Gasteiger partial charge is 0.255 e. The molecule has 1 amide bonds. The van der Waals surface area contributed by atoms with Crippen LogP contribution in [0.4, 0.5) is 5.69 Å². The molecule has 3 rings (SSSR count). The zero-order valence-corrected chi connectivity index (χ0v) is 16.2. The van der Waals surface area contributed by atoms with Gasteiger partial charge in [-0.15, -0.1) is 0 Å². The lowest BCUT2D eigenvalue weighted by Gasteiger charge is -2.43. The van der Waals surface area contributed by atoms with Crippen molar-refractivity contribution < 1.29 is 9.53 Å². The Labute approximate surface area is 158 Å². The van der Waals surface area contributed by atoms with Gasteiger partial charge < -0.3 is 15.8 Å². The molecular weight excluding hydrogens is 358 g/mol. The topological polar surface area (TPSA) is 67.6 Å². The van der Waals surface area contributed by atoms with Crippen molar-refractivity contribution >= 4 is 35.0 Å². The summed E-state index contributed by atoms with van der Waals surface area (Å²) in [5.74, 6) is 2.65. The predicted octanol–water partition coefficient (Wildman–Crippen LogP) is 3.02. The molecular formula is C18H26ClN3O2S. The van der Waals surface area contributed by atoms with Crippen LogP contribution in [0, 0.1) is 0 Å². The number of hydrogen-bond acceptors (Lipinski definition) is 5. The molecule has 1 aromatic rings. The van der Waals surface area contributed by atoms with E-state index in [9.17, 15) is 4.79 Å². The van der Waals surface area contributed by atoms with Crippen LogP contribution in [0.2, 0.25) is 5.02 Å². The monoisotopic (exact) mass is 383 g/mol. The Morgan fingerprint density at radius 3 is 2.68 bits per heavy atom. The van der Waals surface area contributed by atoms with Gasteiger partial charge in [0.1, 0.15) is 5.75 Å². The molecule has 0 bridgehead atoms. The van der Waals surface area contributed by atoms with Gasteiger partial charge in [-0.3, -0.25) is 9.69 Å². The quantitative estimate of drug-likeness (QED) is 0.765. The van der Waals surface area contributed by atoms with E-state index in [1.807, 2.05) is 11.8 Å². The average Bonchev–Trinajstić information content (AvgIpc) is 3.12. The minimum atomic E-state index is -0.156. The number of ether oxygens (including phenoxy) is 1. The molecule has 2 fully saturated rings. The Balaban J connectivity index is 1.73. The summed E-state index contributed by atoms with van der Waals surface area (Å²) in [4.78, 5) is 15.3. The zero-order chi connectivity index (χ0) is 17.9. The number of nitrogens with two attached hydrogens (primary N) is 1. The van der Waals surface area contributed by atoms with Gasteiger partial charge in [0.25, 0.3) is 5.91 Å². The van der Waals surface area contributed by atoms with E-state index in [0.717, 1.165) is 25.9 Å². The standard InChI is InChI=1S/C18H26ClN3O2S/c1-24-16-11-15(20)14(19)10-13(16)17(23)21-12-18(4-2-3-5-18)22-6-8-25-9-7-22/h10-11H,2-9,12,20H2,1H3,(H,21,23). The van der Waals surface area contributed by atoms with Crippen LogP contribution in [-0.4, -0.2) is 54.6 Å². The van der Waals surface area contributed by atoms with Crippen LogP contribution in [-0.2, 0) is 0 Å². The van der Waals surface area contributed by atoms with E-state index in [2.05, 4.69) is 10.2 Å². The van der Waals surface area contributed by atoms with Crippen molar-refractivity contribution in [2.45, 2.75) is 31.2 Å². The number of carbonyl (C=O) groups excluding carboxylic acids is 1. The van der Waals surface area contributed by atoms with E-state index in [-0.39, 0.29) is 11.4 Å². The molecule has 1 saturated heterocycles. The summed E-state index contributed by atoms with van der Waals surface area (Å²) in [7, 11) is 1.53. The van der Waals surface area contributed by atoms with E-state index >= 15 is 0 Å². The third-order valence-electron chi connectivity index (χ3n) is 5.36. The van der Waals surface area contributed by atoms with Crippen molar-refractivity contribution in [3.8, 4) is 5.75 Å². The number of methoxy groups -OCH3 is 1. The molecule has 0 unspecified atom stereocenters. The molecule has 1 aromatic carbocycles. The highest BCUT2D eigenvalue weighted by Crippen LogP contribution is 2.36. The third-order valence-corrected chi connectivity index (χ3v) is 6.63. The second kappa shape index (κ2) is 8.06. The molecule has 5 nitrogen and oxygen atoms in total. The molecule has 2 aliphatic rings. The van der Waals surface area contributed by atoms with Crippen molar-refractivity contribution in [3.63, 3.8) is 0 Å². The molecule has 138 valence electrons. The number of thioether (sulfide) groups is 1. The first kappa shape index (κ1) is 18.7. The SMILES string of the molecule is COc1cc(N)c(Cl)cc1C(=O)NCC1(N2CCSCC2)CCCC1. The van der Waals surface area contributed by atoms with Gasteiger partial charge in [0.05, 0.1) is 23.4 Å². The van der Waals surface area contributed by atoms with Gasteiger partial charge in [-0.1, -0.05) is 24.4 Å². The van der Waals surface area contributed by atoms with Gasteiger partial charge >= 0.3 is 0 Å². The normalized spacial score (nSPS) is 20.4. The maximum Gasteiger partial charge on any atom is 0.255 e. The number of nitrogens with zero attached hydrogens (tertiary/aromatic N) is 1. The lowest BCUT2D eigenvalue weighted by Crippen LogP contribution is -2.56. The van der Waals surface area contributed by atoms with Crippen molar-refractivity contribution in [2.75, 3.05) is 44.0 Å². The van der Waals surface area contributed by atoms with Crippen LogP contribution in [0.3, 0.4) is 0 Å². The van der Waals surface area contributed by atoms with E-state index in [1.165, 1.54) is 31.5 Å².